The lowest BCUT2D eigenvalue weighted by Crippen LogP contribution is -2.33. The zero-order valence-corrected chi connectivity index (χ0v) is 11.5. The molecule has 0 atom stereocenters. The fraction of sp³-hybridized carbons (Fsp3) is 0.286. The largest absolute Gasteiger partial charge is 0.409 e. The van der Waals surface area contributed by atoms with Gasteiger partial charge in [-0.2, -0.15) is 0 Å². The maximum atomic E-state index is 11.7. The minimum absolute atomic E-state index is 0.183. The fourth-order valence-corrected chi connectivity index (χ4v) is 4.11. The number of nitrogens with two attached hydrogens (primary N) is 1. The van der Waals surface area contributed by atoms with E-state index in [9.17, 15) is 8.42 Å². The van der Waals surface area contributed by atoms with E-state index in [0.29, 0.717) is 0 Å². The molecule has 0 amide bonds. The minimum atomic E-state index is -3.60. The summed E-state index contributed by atoms with van der Waals surface area (Å²) in [6.45, 7) is 1.57. The second-order valence-electron chi connectivity index (χ2n) is 2.94. The number of hydrogen-bond donors (Lipinski definition) is 3. The van der Waals surface area contributed by atoms with Crippen LogP contribution in [0.15, 0.2) is 19.2 Å². The van der Waals surface area contributed by atoms with Gasteiger partial charge in [0, 0.05) is 0 Å². The third-order valence-electron chi connectivity index (χ3n) is 1.67. The number of rotatable bonds is 4. The lowest BCUT2D eigenvalue weighted by Gasteiger charge is -2.02. The summed E-state index contributed by atoms with van der Waals surface area (Å²) in [4.78, 5) is 0. The summed E-state index contributed by atoms with van der Waals surface area (Å²) in [5.74, 6) is -0.198. The lowest BCUT2D eigenvalue weighted by molar-refractivity contribution is 0.317. The van der Waals surface area contributed by atoms with Crippen LogP contribution in [-0.4, -0.2) is 26.0 Å². The predicted octanol–water partition coefficient (Wildman–Crippen LogP) is 0.844. The molecule has 0 aliphatic carbocycles. The number of nitrogens with zero attached hydrogens (tertiary/aromatic N) is 1. The van der Waals surface area contributed by atoms with E-state index in [1.54, 1.807) is 13.0 Å². The number of halogens is 1. The monoisotopic (exact) mass is 327 g/mol. The molecule has 0 fully saturated rings. The van der Waals surface area contributed by atoms with Gasteiger partial charge in [-0.25, -0.2) is 13.1 Å². The van der Waals surface area contributed by atoms with Crippen LogP contribution >= 0.6 is 27.3 Å². The minimum Gasteiger partial charge on any atom is -0.409 e. The number of hydrogen-bond acceptors (Lipinski definition) is 5. The second-order valence-corrected chi connectivity index (χ2v) is 7.30. The van der Waals surface area contributed by atoms with Crippen LogP contribution in [0.4, 0.5) is 0 Å². The van der Waals surface area contributed by atoms with E-state index in [4.69, 9.17) is 10.9 Å². The Bertz CT molecular complexity index is 489. The van der Waals surface area contributed by atoms with Crippen LogP contribution in [0.2, 0.25) is 0 Å². The molecule has 16 heavy (non-hydrogen) atoms. The average molecular weight is 328 g/mol. The van der Waals surface area contributed by atoms with Crippen molar-refractivity contribution in [2.45, 2.75) is 11.1 Å². The fourth-order valence-electron chi connectivity index (χ4n) is 0.840. The molecule has 0 saturated heterocycles. The summed E-state index contributed by atoms with van der Waals surface area (Å²) < 4.78 is 26.6. The van der Waals surface area contributed by atoms with Crippen LogP contribution in [0, 0.1) is 6.92 Å². The van der Waals surface area contributed by atoms with Crippen LogP contribution < -0.4 is 10.5 Å². The number of oxime groups is 1. The van der Waals surface area contributed by atoms with Crippen molar-refractivity contribution in [1.29, 1.82) is 0 Å². The Morgan fingerprint density at radius 2 is 2.38 bits per heavy atom. The molecule has 0 aliphatic heterocycles. The number of amidine groups is 1. The van der Waals surface area contributed by atoms with Gasteiger partial charge in [0.05, 0.1) is 10.3 Å². The van der Waals surface area contributed by atoms with Crippen LogP contribution in [-0.2, 0) is 10.0 Å². The normalized spacial score (nSPS) is 13.0. The van der Waals surface area contributed by atoms with E-state index in [0.717, 1.165) is 20.7 Å². The Labute approximate surface area is 105 Å². The van der Waals surface area contributed by atoms with Crippen molar-refractivity contribution in [2.24, 2.45) is 10.9 Å². The van der Waals surface area contributed by atoms with Crippen molar-refractivity contribution in [3.8, 4) is 0 Å². The summed E-state index contributed by atoms with van der Waals surface area (Å²) in [7, 11) is -3.60. The van der Waals surface area contributed by atoms with Crippen molar-refractivity contribution < 1.29 is 13.6 Å². The third-order valence-corrected chi connectivity index (χ3v) is 5.68. The quantitative estimate of drug-likeness (QED) is 0.330. The summed E-state index contributed by atoms with van der Waals surface area (Å²) in [5.41, 5.74) is 6.00. The molecule has 1 aromatic rings. The first-order chi connectivity index (χ1) is 7.36. The molecule has 0 unspecified atom stereocenters. The van der Waals surface area contributed by atoms with Crippen molar-refractivity contribution in [3.05, 3.63) is 15.4 Å². The van der Waals surface area contributed by atoms with Crippen molar-refractivity contribution in [1.82, 2.24) is 4.72 Å². The average Bonchev–Trinajstić information content (AvgIpc) is 2.56. The highest BCUT2D eigenvalue weighted by molar-refractivity contribution is 9.11. The zero-order chi connectivity index (χ0) is 12.3. The molecule has 1 heterocycles. The summed E-state index contributed by atoms with van der Waals surface area (Å²) in [6, 6.07) is 1.55. The molecule has 6 nitrogen and oxygen atoms in total. The Morgan fingerprint density at radius 1 is 1.75 bits per heavy atom. The number of aryl methyl sites for hydroxylation is 1. The summed E-state index contributed by atoms with van der Waals surface area (Å²) >= 11 is 4.34. The Hall–Kier alpha value is -0.640. The number of sulfonamides is 1. The van der Waals surface area contributed by atoms with E-state index in [1.807, 2.05) is 0 Å². The maximum absolute atomic E-state index is 11.7. The molecule has 1 rings (SSSR count). The highest BCUT2D eigenvalue weighted by atomic mass is 79.9. The van der Waals surface area contributed by atoms with Crippen molar-refractivity contribution in [2.75, 3.05) is 6.54 Å². The van der Waals surface area contributed by atoms with Crippen LogP contribution in [0.3, 0.4) is 0 Å². The zero-order valence-electron chi connectivity index (χ0n) is 8.27. The molecule has 0 saturated carbocycles. The van der Waals surface area contributed by atoms with Crippen molar-refractivity contribution >= 4 is 43.1 Å². The molecular formula is C7H10BrN3O3S2. The highest BCUT2D eigenvalue weighted by Gasteiger charge is 2.18. The van der Waals surface area contributed by atoms with Gasteiger partial charge >= 0.3 is 0 Å². The molecule has 1 aromatic heterocycles. The molecule has 0 aliphatic rings. The van der Waals surface area contributed by atoms with Gasteiger partial charge in [-0.1, -0.05) is 5.16 Å². The van der Waals surface area contributed by atoms with E-state index in [-0.39, 0.29) is 16.6 Å². The van der Waals surface area contributed by atoms with Gasteiger partial charge in [-0.3, -0.25) is 0 Å². The van der Waals surface area contributed by atoms with Gasteiger partial charge in [0.25, 0.3) is 10.0 Å². The molecule has 0 aromatic carbocycles. The Morgan fingerprint density at radius 3 is 2.81 bits per heavy atom. The van der Waals surface area contributed by atoms with Gasteiger partial charge in [0.15, 0.2) is 5.84 Å². The van der Waals surface area contributed by atoms with Gasteiger partial charge in [-0.15, -0.1) is 11.3 Å². The molecular weight excluding hydrogens is 318 g/mol. The van der Waals surface area contributed by atoms with E-state index >= 15 is 0 Å². The first kappa shape index (κ1) is 13.4. The molecule has 0 spiro atoms. The summed E-state index contributed by atoms with van der Waals surface area (Å²) in [5, 5.41) is 10.9. The third kappa shape index (κ3) is 3.17. The highest BCUT2D eigenvalue weighted by Crippen LogP contribution is 2.30. The van der Waals surface area contributed by atoms with E-state index in [1.165, 1.54) is 0 Å². The first-order valence-electron chi connectivity index (χ1n) is 4.09. The topological polar surface area (TPSA) is 105 Å². The number of thiophene rings is 1. The SMILES string of the molecule is Cc1cc(S(=O)(=O)NCC(N)=NO)sc1Br. The maximum Gasteiger partial charge on any atom is 0.250 e. The van der Waals surface area contributed by atoms with E-state index < -0.39 is 10.0 Å². The Kier molecular flexibility index (Phi) is 4.30. The molecule has 90 valence electrons. The van der Waals surface area contributed by atoms with E-state index in [2.05, 4.69) is 25.8 Å². The van der Waals surface area contributed by atoms with Gasteiger partial charge in [0.2, 0.25) is 0 Å². The van der Waals surface area contributed by atoms with Gasteiger partial charge < -0.3 is 10.9 Å². The molecule has 0 radical (unpaired) electrons. The molecule has 4 N–H and O–H groups in total. The first-order valence-corrected chi connectivity index (χ1v) is 7.18. The number of nitrogens with one attached hydrogen (secondary N) is 1. The smallest absolute Gasteiger partial charge is 0.250 e. The van der Waals surface area contributed by atoms with Crippen LogP contribution in [0.5, 0.6) is 0 Å². The second kappa shape index (κ2) is 5.13. The van der Waals surface area contributed by atoms with Crippen molar-refractivity contribution in [3.63, 3.8) is 0 Å². The van der Waals surface area contributed by atoms with Gasteiger partial charge in [-0.05, 0) is 34.5 Å². The van der Waals surface area contributed by atoms with Gasteiger partial charge in [0.1, 0.15) is 4.21 Å². The summed E-state index contributed by atoms with van der Waals surface area (Å²) in [6.07, 6.45) is 0. The van der Waals surface area contributed by atoms with Crippen LogP contribution in [0.25, 0.3) is 0 Å². The standard InChI is InChI=1S/C7H10BrN3O3S2/c1-4-2-6(15-7(4)8)16(13,14)10-3-5(9)11-12/h2,10,12H,3H2,1H3,(H2,9,11). The molecule has 9 heteroatoms. The Balaban J connectivity index is 2.86. The van der Waals surface area contributed by atoms with Crippen LogP contribution in [0.1, 0.15) is 5.56 Å². The predicted molar refractivity (Wildman–Crippen MR) is 65.4 cm³/mol. The molecule has 0 bridgehead atoms. The lowest BCUT2D eigenvalue weighted by atomic mass is 10.4.